The lowest BCUT2D eigenvalue weighted by atomic mass is 10.2. The number of halogens is 2. The third-order valence-corrected chi connectivity index (χ3v) is 3.48. The number of hydrogen-bond acceptors (Lipinski definition) is 3. The van der Waals surface area contributed by atoms with E-state index in [1.165, 1.54) is 0 Å². The zero-order valence-electron chi connectivity index (χ0n) is 11.2. The van der Waals surface area contributed by atoms with Crippen molar-refractivity contribution in [2.45, 2.75) is 31.8 Å². The third-order valence-electron chi connectivity index (χ3n) is 3.48. The molecule has 0 spiro atoms. The number of rotatable bonds is 4. The highest BCUT2D eigenvalue weighted by molar-refractivity contribution is 5.78. The molecule has 0 saturated carbocycles. The Bertz CT molecular complexity index is 475. The van der Waals surface area contributed by atoms with Gasteiger partial charge in [-0.1, -0.05) is 0 Å². The highest BCUT2D eigenvalue weighted by Crippen LogP contribution is 2.24. The molecule has 0 radical (unpaired) electrons. The Kier molecular flexibility index (Phi) is 4.54. The zero-order chi connectivity index (χ0) is 14.7. The molecule has 1 aromatic rings. The van der Waals surface area contributed by atoms with Gasteiger partial charge in [-0.2, -0.15) is 0 Å². The minimum absolute atomic E-state index is 0.0248. The minimum Gasteiger partial charge on any atom is -0.484 e. The van der Waals surface area contributed by atoms with Gasteiger partial charge < -0.3 is 14.7 Å². The van der Waals surface area contributed by atoms with Crippen LogP contribution in [0, 0.1) is 11.6 Å². The van der Waals surface area contributed by atoms with Crippen molar-refractivity contribution < 1.29 is 23.4 Å². The van der Waals surface area contributed by atoms with E-state index in [2.05, 4.69) is 0 Å². The first-order valence-electron chi connectivity index (χ1n) is 6.52. The minimum atomic E-state index is -0.754. The van der Waals surface area contributed by atoms with Gasteiger partial charge in [0.2, 0.25) is 0 Å². The molecular weight excluding hydrogens is 268 g/mol. The van der Waals surface area contributed by atoms with Crippen molar-refractivity contribution in [3.05, 3.63) is 29.8 Å². The van der Waals surface area contributed by atoms with Gasteiger partial charge in [0.25, 0.3) is 5.91 Å². The predicted octanol–water partition coefficient (Wildman–Crippen LogP) is 1.72. The van der Waals surface area contributed by atoms with Gasteiger partial charge in [-0.3, -0.25) is 4.79 Å². The summed E-state index contributed by atoms with van der Waals surface area (Å²) in [5, 5.41) is 9.23. The second-order valence-electron chi connectivity index (χ2n) is 4.96. The molecule has 1 aliphatic heterocycles. The Morgan fingerprint density at radius 3 is 2.60 bits per heavy atom. The van der Waals surface area contributed by atoms with E-state index in [1.807, 2.05) is 6.92 Å². The number of carbonyl (C=O) groups excluding carboxylic acids is 1. The number of ether oxygens (including phenoxy) is 1. The summed E-state index contributed by atoms with van der Waals surface area (Å²) in [7, 11) is 0. The normalized spacial score (nSPS) is 22.1. The topological polar surface area (TPSA) is 49.8 Å². The lowest BCUT2D eigenvalue weighted by Gasteiger charge is -2.27. The number of amides is 1. The number of likely N-dealkylation sites (tertiary alicyclic amines) is 1. The number of aliphatic hydroxyl groups excluding tert-OH is 1. The number of hydrogen-bond donors (Lipinski definition) is 1. The van der Waals surface area contributed by atoms with Crippen molar-refractivity contribution in [2.75, 3.05) is 13.2 Å². The van der Waals surface area contributed by atoms with Crippen LogP contribution in [0.4, 0.5) is 8.78 Å². The summed E-state index contributed by atoms with van der Waals surface area (Å²) in [4.78, 5) is 13.6. The monoisotopic (exact) mass is 285 g/mol. The van der Waals surface area contributed by atoms with Crippen LogP contribution in [0.5, 0.6) is 5.75 Å². The maximum atomic E-state index is 13.0. The Morgan fingerprint density at radius 2 is 2.00 bits per heavy atom. The Balaban J connectivity index is 1.97. The molecule has 1 aliphatic rings. The van der Waals surface area contributed by atoms with E-state index in [-0.39, 0.29) is 37.0 Å². The first-order valence-corrected chi connectivity index (χ1v) is 6.52. The van der Waals surface area contributed by atoms with Crippen LogP contribution in [0.1, 0.15) is 19.8 Å². The molecule has 1 aromatic carbocycles. The smallest absolute Gasteiger partial charge is 0.261 e. The van der Waals surface area contributed by atoms with Gasteiger partial charge >= 0.3 is 0 Å². The molecule has 1 N–H and O–H groups in total. The summed E-state index contributed by atoms with van der Waals surface area (Å²) in [6.45, 7) is 1.50. The number of carbonyl (C=O) groups is 1. The van der Waals surface area contributed by atoms with Gasteiger partial charge in [-0.15, -0.1) is 0 Å². The van der Waals surface area contributed by atoms with E-state index in [0.717, 1.165) is 31.0 Å². The van der Waals surface area contributed by atoms with E-state index < -0.39 is 11.6 Å². The van der Waals surface area contributed by atoms with Crippen LogP contribution < -0.4 is 4.74 Å². The van der Waals surface area contributed by atoms with Crippen LogP contribution in [0.3, 0.4) is 0 Å². The molecule has 110 valence electrons. The summed E-state index contributed by atoms with van der Waals surface area (Å²) >= 11 is 0. The Hall–Kier alpha value is -1.69. The summed E-state index contributed by atoms with van der Waals surface area (Å²) in [5.41, 5.74) is 0. The molecular formula is C14H17F2NO3. The average Bonchev–Trinajstić information content (AvgIpc) is 2.76. The molecule has 2 atom stereocenters. The first kappa shape index (κ1) is 14.7. The van der Waals surface area contributed by atoms with Crippen LogP contribution in [-0.4, -0.2) is 41.2 Å². The quantitative estimate of drug-likeness (QED) is 0.916. The lowest BCUT2D eigenvalue weighted by molar-refractivity contribution is -0.136. The molecule has 0 aliphatic carbocycles. The van der Waals surface area contributed by atoms with Crippen LogP contribution in [0.15, 0.2) is 18.2 Å². The van der Waals surface area contributed by atoms with Crippen molar-refractivity contribution in [1.82, 2.24) is 4.90 Å². The molecule has 1 amide bonds. The fraction of sp³-hybridized carbons (Fsp3) is 0.500. The largest absolute Gasteiger partial charge is 0.484 e. The maximum Gasteiger partial charge on any atom is 0.261 e. The van der Waals surface area contributed by atoms with Gasteiger partial charge in [0.05, 0.1) is 12.6 Å². The van der Waals surface area contributed by atoms with E-state index >= 15 is 0 Å². The summed E-state index contributed by atoms with van der Waals surface area (Å²) in [6.07, 6.45) is 1.57. The molecule has 6 heteroatoms. The summed E-state index contributed by atoms with van der Waals surface area (Å²) in [5.74, 6) is -1.83. The zero-order valence-corrected chi connectivity index (χ0v) is 11.2. The SMILES string of the molecule is C[C@@H]1CC[C@H](CO)N1C(=O)COc1cc(F)cc(F)c1. The number of benzene rings is 1. The van der Waals surface area contributed by atoms with Crippen molar-refractivity contribution in [3.63, 3.8) is 0 Å². The molecule has 4 nitrogen and oxygen atoms in total. The van der Waals surface area contributed by atoms with Crippen molar-refractivity contribution in [2.24, 2.45) is 0 Å². The second kappa shape index (κ2) is 6.17. The molecule has 20 heavy (non-hydrogen) atoms. The van der Waals surface area contributed by atoms with Gasteiger partial charge in [0.15, 0.2) is 6.61 Å². The number of nitrogens with zero attached hydrogens (tertiary/aromatic N) is 1. The maximum absolute atomic E-state index is 13.0. The van der Waals surface area contributed by atoms with Crippen LogP contribution >= 0.6 is 0 Å². The predicted molar refractivity (Wildman–Crippen MR) is 68.3 cm³/mol. The molecule has 0 bridgehead atoms. The standard InChI is InChI=1S/C14H17F2NO3/c1-9-2-3-12(7-18)17(9)14(19)8-20-13-5-10(15)4-11(16)6-13/h4-6,9,12,18H,2-3,7-8H2,1H3/t9-,12-/m1/s1. The summed E-state index contributed by atoms with van der Waals surface area (Å²) < 4.78 is 31.1. The van der Waals surface area contributed by atoms with Crippen molar-refractivity contribution >= 4 is 5.91 Å². The average molecular weight is 285 g/mol. The fourth-order valence-corrected chi connectivity index (χ4v) is 2.53. The molecule has 0 unspecified atom stereocenters. The van der Waals surface area contributed by atoms with Gasteiger partial charge in [0.1, 0.15) is 17.4 Å². The van der Waals surface area contributed by atoms with Crippen LogP contribution in [0.25, 0.3) is 0 Å². The molecule has 2 rings (SSSR count). The van der Waals surface area contributed by atoms with Gasteiger partial charge in [-0.25, -0.2) is 8.78 Å². The lowest BCUT2D eigenvalue weighted by Crippen LogP contribution is -2.44. The van der Waals surface area contributed by atoms with Crippen molar-refractivity contribution in [1.29, 1.82) is 0 Å². The van der Waals surface area contributed by atoms with Crippen molar-refractivity contribution in [3.8, 4) is 5.75 Å². The van der Waals surface area contributed by atoms with E-state index in [9.17, 15) is 18.7 Å². The highest BCUT2D eigenvalue weighted by atomic mass is 19.1. The van der Waals surface area contributed by atoms with E-state index in [4.69, 9.17) is 4.74 Å². The second-order valence-corrected chi connectivity index (χ2v) is 4.96. The Morgan fingerprint density at radius 1 is 1.35 bits per heavy atom. The fourth-order valence-electron chi connectivity index (χ4n) is 2.53. The van der Waals surface area contributed by atoms with Crippen LogP contribution in [-0.2, 0) is 4.79 Å². The number of aliphatic hydroxyl groups is 1. The summed E-state index contributed by atoms with van der Waals surface area (Å²) in [6, 6.07) is 2.61. The molecule has 1 fully saturated rings. The van der Waals surface area contributed by atoms with Gasteiger partial charge in [0, 0.05) is 24.2 Å². The first-order chi connectivity index (χ1) is 9.51. The molecule has 1 heterocycles. The molecule has 1 saturated heterocycles. The van der Waals surface area contributed by atoms with E-state index in [1.54, 1.807) is 4.90 Å². The third kappa shape index (κ3) is 3.25. The van der Waals surface area contributed by atoms with Gasteiger partial charge in [-0.05, 0) is 19.8 Å². The van der Waals surface area contributed by atoms with E-state index in [0.29, 0.717) is 0 Å². The highest BCUT2D eigenvalue weighted by Gasteiger charge is 2.33. The van der Waals surface area contributed by atoms with Crippen LogP contribution in [0.2, 0.25) is 0 Å². The molecule has 0 aromatic heterocycles. The Labute approximate surface area is 116 Å².